The third kappa shape index (κ3) is 5.42. The second-order valence-electron chi connectivity index (χ2n) is 5.99. The molecular weight excluding hydrogens is 437 g/mol. The predicted octanol–water partition coefficient (Wildman–Crippen LogP) is 2.64. The second-order valence-corrected chi connectivity index (χ2v) is 7.21. The van der Waals surface area contributed by atoms with Gasteiger partial charge in [0.05, 0.1) is 19.8 Å². The minimum Gasteiger partial charge on any atom is -0.488 e. The molecule has 0 aromatic heterocycles. The smallest absolute Gasteiger partial charge is 0.191 e. The first-order valence-electron chi connectivity index (χ1n) is 8.19. The van der Waals surface area contributed by atoms with Crippen LogP contribution in [0, 0.1) is 6.92 Å². The number of rotatable bonds is 4. The third-order valence-electron chi connectivity index (χ3n) is 4.15. The minimum absolute atomic E-state index is 0. The number of aliphatic imine (C=N–C) groups is 1. The van der Waals surface area contributed by atoms with Crippen molar-refractivity contribution in [2.75, 3.05) is 37.8 Å². The first-order valence-corrected chi connectivity index (χ1v) is 9.34. The van der Waals surface area contributed by atoms with Gasteiger partial charge in [0.25, 0.3) is 0 Å². The number of ether oxygens (including phenoxy) is 2. The quantitative estimate of drug-likeness (QED) is 0.423. The fourth-order valence-electron chi connectivity index (χ4n) is 2.75. The Hall–Kier alpha value is -0.670. The molecule has 2 aliphatic heterocycles. The van der Waals surface area contributed by atoms with Crippen LogP contribution in [0.3, 0.4) is 0 Å². The summed E-state index contributed by atoms with van der Waals surface area (Å²) in [5, 5.41) is 0. The molecule has 2 heterocycles. The van der Waals surface area contributed by atoms with Crippen molar-refractivity contribution < 1.29 is 9.47 Å². The monoisotopic (exact) mass is 463 g/mol. The average Bonchev–Trinajstić information content (AvgIpc) is 3.08. The summed E-state index contributed by atoms with van der Waals surface area (Å²) in [5.74, 6) is 3.79. The number of halogens is 1. The van der Waals surface area contributed by atoms with Crippen molar-refractivity contribution in [2.24, 2.45) is 10.7 Å². The summed E-state index contributed by atoms with van der Waals surface area (Å²) in [4.78, 5) is 6.75. The zero-order valence-corrected chi connectivity index (χ0v) is 17.2. The van der Waals surface area contributed by atoms with Crippen molar-refractivity contribution in [3.8, 4) is 5.75 Å². The van der Waals surface area contributed by atoms with Gasteiger partial charge in [-0.1, -0.05) is 12.1 Å². The van der Waals surface area contributed by atoms with E-state index in [1.165, 1.54) is 5.56 Å². The number of nitrogens with two attached hydrogens (primary N) is 1. The molecule has 2 fully saturated rings. The van der Waals surface area contributed by atoms with E-state index in [2.05, 4.69) is 35.0 Å². The molecule has 1 aromatic carbocycles. The summed E-state index contributed by atoms with van der Waals surface area (Å²) in [5.41, 5.74) is 8.41. The molecule has 0 amide bonds. The van der Waals surface area contributed by atoms with E-state index >= 15 is 0 Å². The largest absolute Gasteiger partial charge is 0.488 e. The molecular formula is C17H26IN3O2S. The van der Waals surface area contributed by atoms with Crippen LogP contribution in [0.5, 0.6) is 5.75 Å². The lowest BCUT2D eigenvalue weighted by molar-refractivity contribution is 0.140. The van der Waals surface area contributed by atoms with Gasteiger partial charge in [-0.05, 0) is 18.6 Å². The van der Waals surface area contributed by atoms with E-state index in [-0.39, 0.29) is 30.1 Å². The van der Waals surface area contributed by atoms with Gasteiger partial charge in [0, 0.05) is 36.6 Å². The van der Waals surface area contributed by atoms with Crippen molar-refractivity contribution in [3.05, 3.63) is 29.3 Å². The van der Waals surface area contributed by atoms with Crippen LogP contribution in [0.4, 0.5) is 0 Å². The number of hydrogen-bond donors (Lipinski definition) is 1. The molecule has 1 atom stereocenters. The molecule has 0 radical (unpaired) electrons. The van der Waals surface area contributed by atoms with Gasteiger partial charge >= 0.3 is 0 Å². The summed E-state index contributed by atoms with van der Waals surface area (Å²) >= 11 is 1.97. The molecule has 2 aliphatic rings. The molecule has 1 aromatic rings. The molecule has 134 valence electrons. The Bertz CT molecular complexity index is 559. The van der Waals surface area contributed by atoms with Crippen LogP contribution in [0.2, 0.25) is 0 Å². The predicted molar refractivity (Wildman–Crippen MR) is 111 cm³/mol. The summed E-state index contributed by atoms with van der Waals surface area (Å²) in [6.07, 6.45) is 1.10. The zero-order chi connectivity index (χ0) is 16.1. The van der Waals surface area contributed by atoms with Crippen molar-refractivity contribution in [2.45, 2.75) is 26.0 Å². The molecule has 0 bridgehead atoms. The molecule has 2 saturated heterocycles. The zero-order valence-electron chi connectivity index (χ0n) is 14.1. The Morgan fingerprint density at radius 1 is 1.42 bits per heavy atom. The van der Waals surface area contributed by atoms with Gasteiger partial charge in [0.1, 0.15) is 11.9 Å². The van der Waals surface area contributed by atoms with E-state index in [1.54, 1.807) is 0 Å². The van der Waals surface area contributed by atoms with Crippen LogP contribution in [-0.4, -0.2) is 54.8 Å². The third-order valence-corrected chi connectivity index (χ3v) is 5.09. The normalized spacial score (nSPS) is 21.5. The van der Waals surface area contributed by atoms with Gasteiger partial charge < -0.3 is 20.1 Å². The molecule has 24 heavy (non-hydrogen) atoms. The molecule has 2 N–H and O–H groups in total. The maximum atomic E-state index is 6.15. The molecule has 7 heteroatoms. The SMILES string of the molecule is Cc1ccc(CN=C(N)N2CCSCC2)c(OC2CCOC2)c1.I. The molecule has 1 unspecified atom stereocenters. The number of benzene rings is 1. The Balaban J connectivity index is 0.00000208. The van der Waals surface area contributed by atoms with Crippen molar-refractivity contribution in [3.63, 3.8) is 0 Å². The van der Waals surface area contributed by atoms with Gasteiger partial charge in [-0.2, -0.15) is 11.8 Å². The van der Waals surface area contributed by atoms with Crippen molar-refractivity contribution in [1.82, 2.24) is 4.90 Å². The van der Waals surface area contributed by atoms with E-state index in [4.69, 9.17) is 15.2 Å². The highest BCUT2D eigenvalue weighted by molar-refractivity contribution is 14.0. The van der Waals surface area contributed by atoms with Crippen molar-refractivity contribution in [1.29, 1.82) is 0 Å². The van der Waals surface area contributed by atoms with Gasteiger partial charge in [0.15, 0.2) is 5.96 Å². The minimum atomic E-state index is 0. The topological polar surface area (TPSA) is 60.1 Å². The molecule has 0 aliphatic carbocycles. The maximum Gasteiger partial charge on any atom is 0.191 e. The second kappa shape index (κ2) is 9.72. The van der Waals surface area contributed by atoms with Crippen LogP contribution in [-0.2, 0) is 11.3 Å². The first-order chi connectivity index (χ1) is 11.2. The van der Waals surface area contributed by atoms with Gasteiger partial charge in [-0.3, -0.25) is 0 Å². The number of nitrogens with zero attached hydrogens (tertiary/aromatic N) is 2. The summed E-state index contributed by atoms with van der Waals surface area (Å²) in [6, 6.07) is 6.26. The molecule has 0 spiro atoms. The van der Waals surface area contributed by atoms with Crippen LogP contribution in [0.15, 0.2) is 23.2 Å². The highest BCUT2D eigenvalue weighted by atomic mass is 127. The Morgan fingerprint density at radius 3 is 2.92 bits per heavy atom. The number of thioether (sulfide) groups is 1. The highest BCUT2D eigenvalue weighted by Crippen LogP contribution is 2.24. The van der Waals surface area contributed by atoms with Gasteiger partial charge in [-0.15, -0.1) is 24.0 Å². The number of guanidine groups is 1. The van der Waals surface area contributed by atoms with E-state index in [0.717, 1.165) is 48.9 Å². The average molecular weight is 463 g/mol. The summed E-state index contributed by atoms with van der Waals surface area (Å²) in [7, 11) is 0. The lowest BCUT2D eigenvalue weighted by Gasteiger charge is -2.27. The van der Waals surface area contributed by atoms with E-state index in [0.29, 0.717) is 19.1 Å². The van der Waals surface area contributed by atoms with Crippen LogP contribution >= 0.6 is 35.7 Å². The van der Waals surface area contributed by atoms with Crippen LogP contribution in [0.1, 0.15) is 17.5 Å². The number of aryl methyl sites for hydroxylation is 1. The molecule has 3 rings (SSSR count). The fourth-order valence-corrected chi connectivity index (χ4v) is 3.65. The van der Waals surface area contributed by atoms with Gasteiger partial charge in [-0.25, -0.2) is 4.99 Å². The Kier molecular flexibility index (Phi) is 7.96. The number of hydrogen-bond acceptors (Lipinski definition) is 4. The lowest BCUT2D eigenvalue weighted by Crippen LogP contribution is -2.42. The van der Waals surface area contributed by atoms with Gasteiger partial charge in [0.2, 0.25) is 0 Å². The fraction of sp³-hybridized carbons (Fsp3) is 0.588. The van der Waals surface area contributed by atoms with E-state index in [1.807, 2.05) is 11.8 Å². The van der Waals surface area contributed by atoms with Crippen LogP contribution < -0.4 is 10.5 Å². The van der Waals surface area contributed by atoms with Crippen molar-refractivity contribution >= 4 is 41.7 Å². The van der Waals surface area contributed by atoms with E-state index < -0.39 is 0 Å². The maximum absolute atomic E-state index is 6.15. The Labute approximate surface area is 165 Å². The van der Waals surface area contributed by atoms with E-state index in [9.17, 15) is 0 Å². The molecule has 5 nitrogen and oxygen atoms in total. The summed E-state index contributed by atoms with van der Waals surface area (Å²) in [6.45, 7) is 6.05. The summed E-state index contributed by atoms with van der Waals surface area (Å²) < 4.78 is 11.5. The Morgan fingerprint density at radius 2 is 2.21 bits per heavy atom. The molecule has 0 saturated carbocycles. The standard InChI is InChI=1S/C17H25N3O2S.HI/c1-13-2-3-14(16(10-13)22-15-4-7-21-12-15)11-19-17(18)20-5-8-23-9-6-20;/h2-3,10,15H,4-9,11-12H2,1H3,(H2,18,19);1H. The first kappa shape index (κ1) is 19.7. The highest BCUT2D eigenvalue weighted by Gasteiger charge is 2.19. The van der Waals surface area contributed by atoms with Crippen LogP contribution in [0.25, 0.3) is 0 Å². The lowest BCUT2D eigenvalue weighted by atomic mass is 10.1.